The van der Waals surface area contributed by atoms with Crippen LogP contribution in [0.5, 0.6) is 0 Å². The molecule has 0 unspecified atom stereocenters. The second-order valence-electron chi connectivity index (χ2n) is 3.43. The lowest BCUT2D eigenvalue weighted by Gasteiger charge is -2.18. The summed E-state index contributed by atoms with van der Waals surface area (Å²) in [4.78, 5) is 2.06. The third-order valence-corrected chi connectivity index (χ3v) is 2.08. The van der Waals surface area contributed by atoms with E-state index in [0.717, 1.165) is 18.0 Å². The number of nitrogens with zero attached hydrogens (tertiary/aromatic N) is 2. The molecule has 0 saturated heterocycles. The molecule has 0 fully saturated rings. The zero-order chi connectivity index (χ0) is 11.1. The van der Waals surface area contributed by atoms with Crippen LogP contribution in [-0.4, -0.2) is 48.6 Å². The Morgan fingerprint density at radius 2 is 2.33 bits per heavy atom. The van der Waals surface area contributed by atoms with E-state index in [1.54, 1.807) is 7.11 Å². The standard InChI is InChI=1S/C10H18N2O3/c1-9-7-10(15-11-9)8-12(3-5-13)4-6-14-2/h7,13H,3-6,8H2,1-2H3. The normalized spacial score (nSPS) is 11.2. The molecule has 0 bridgehead atoms. The molecule has 86 valence electrons. The van der Waals surface area contributed by atoms with Crippen LogP contribution in [0.1, 0.15) is 11.5 Å². The van der Waals surface area contributed by atoms with E-state index in [1.165, 1.54) is 0 Å². The van der Waals surface area contributed by atoms with Crippen molar-refractivity contribution in [2.45, 2.75) is 13.5 Å². The molecule has 0 radical (unpaired) electrons. The number of aromatic nitrogens is 1. The van der Waals surface area contributed by atoms with Gasteiger partial charge in [-0.25, -0.2) is 0 Å². The van der Waals surface area contributed by atoms with Crippen LogP contribution in [0.25, 0.3) is 0 Å². The number of hydrogen-bond donors (Lipinski definition) is 1. The van der Waals surface area contributed by atoms with Crippen molar-refractivity contribution < 1.29 is 14.4 Å². The number of rotatable bonds is 7. The SMILES string of the molecule is COCCN(CCO)Cc1cc(C)no1. The molecule has 1 N–H and O–H groups in total. The molecule has 0 amide bonds. The molecular weight excluding hydrogens is 196 g/mol. The third-order valence-electron chi connectivity index (χ3n) is 2.08. The van der Waals surface area contributed by atoms with Crippen LogP contribution in [0.2, 0.25) is 0 Å². The molecule has 5 heteroatoms. The highest BCUT2D eigenvalue weighted by atomic mass is 16.5. The minimum Gasteiger partial charge on any atom is -0.395 e. The van der Waals surface area contributed by atoms with E-state index >= 15 is 0 Å². The lowest BCUT2D eigenvalue weighted by molar-refractivity contribution is 0.120. The molecule has 0 spiro atoms. The lowest BCUT2D eigenvalue weighted by Crippen LogP contribution is -2.29. The average molecular weight is 214 g/mol. The molecule has 5 nitrogen and oxygen atoms in total. The van der Waals surface area contributed by atoms with Gasteiger partial charge in [0, 0.05) is 26.3 Å². The van der Waals surface area contributed by atoms with Gasteiger partial charge in [-0.3, -0.25) is 4.90 Å². The Bertz CT molecular complexity index is 275. The summed E-state index contributed by atoms with van der Waals surface area (Å²) in [6.07, 6.45) is 0. The molecule has 0 atom stereocenters. The van der Waals surface area contributed by atoms with Crippen molar-refractivity contribution in [3.8, 4) is 0 Å². The first-order valence-corrected chi connectivity index (χ1v) is 5.00. The largest absolute Gasteiger partial charge is 0.395 e. The third kappa shape index (κ3) is 4.42. The van der Waals surface area contributed by atoms with Gasteiger partial charge in [0.15, 0.2) is 5.76 Å². The fraction of sp³-hybridized carbons (Fsp3) is 0.700. The van der Waals surface area contributed by atoms with Crippen LogP contribution >= 0.6 is 0 Å². The van der Waals surface area contributed by atoms with Crippen LogP contribution in [0.15, 0.2) is 10.6 Å². The number of aliphatic hydroxyl groups excluding tert-OH is 1. The Kier molecular flexibility index (Phi) is 5.31. The van der Waals surface area contributed by atoms with Crippen LogP contribution in [-0.2, 0) is 11.3 Å². The summed E-state index contributed by atoms with van der Waals surface area (Å²) < 4.78 is 10.1. The number of methoxy groups -OCH3 is 1. The van der Waals surface area contributed by atoms with Gasteiger partial charge in [0.25, 0.3) is 0 Å². The van der Waals surface area contributed by atoms with Gasteiger partial charge in [-0.2, -0.15) is 0 Å². The van der Waals surface area contributed by atoms with Crippen molar-refractivity contribution in [1.29, 1.82) is 0 Å². The van der Waals surface area contributed by atoms with Gasteiger partial charge in [0.05, 0.1) is 25.5 Å². The van der Waals surface area contributed by atoms with Crippen LogP contribution in [0.4, 0.5) is 0 Å². The van der Waals surface area contributed by atoms with Crippen molar-refractivity contribution in [1.82, 2.24) is 10.1 Å². The lowest BCUT2D eigenvalue weighted by atomic mass is 10.3. The van der Waals surface area contributed by atoms with Gasteiger partial charge in [-0.05, 0) is 6.92 Å². The van der Waals surface area contributed by atoms with E-state index in [0.29, 0.717) is 19.7 Å². The molecule has 0 aliphatic rings. The maximum absolute atomic E-state index is 8.89. The minimum atomic E-state index is 0.136. The van der Waals surface area contributed by atoms with Crippen molar-refractivity contribution in [2.24, 2.45) is 0 Å². The maximum atomic E-state index is 8.89. The smallest absolute Gasteiger partial charge is 0.150 e. The molecule has 1 aromatic heterocycles. The van der Waals surface area contributed by atoms with Crippen molar-refractivity contribution in [3.05, 3.63) is 17.5 Å². The Morgan fingerprint density at radius 1 is 1.53 bits per heavy atom. The number of aliphatic hydroxyl groups is 1. The van der Waals surface area contributed by atoms with Gasteiger partial charge in [0.2, 0.25) is 0 Å². The summed E-state index contributed by atoms with van der Waals surface area (Å²) in [6.45, 7) is 4.72. The van der Waals surface area contributed by atoms with Gasteiger partial charge in [-0.1, -0.05) is 5.16 Å². The fourth-order valence-corrected chi connectivity index (χ4v) is 1.34. The first-order chi connectivity index (χ1) is 7.26. The molecule has 1 heterocycles. The van der Waals surface area contributed by atoms with Crippen molar-refractivity contribution in [2.75, 3.05) is 33.4 Å². The van der Waals surface area contributed by atoms with Gasteiger partial charge >= 0.3 is 0 Å². The zero-order valence-corrected chi connectivity index (χ0v) is 9.27. The Labute approximate surface area is 89.6 Å². The highest BCUT2D eigenvalue weighted by Gasteiger charge is 2.08. The molecule has 1 rings (SSSR count). The average Bonchev–Trinajstić information content (AvgIpc) is 2.61. The monoisotopic (exact) mass is 214 g/mol. The van der Waals surface area contributed by atoms with Crippen LogP contribution < -0.4 is 0 Å². The summed E-state index contributed by atoms with van der Waals surface area (Å²) in [5.74, 6) is 0.817. The number of hydrogen-bond acceptors (Lipinski definition) is 5. The molecule has 0 aliphatic carbocycles. The molecule has 0 aliphatic heterocycles. The fourth-order valence-electron chi connectivity index (χ4n) is 1.34. The van der Waals surface area contributed by atoms with E-state index in [9.17, 15) is 0 Å². The molecule has 15 heavy (non-hydrogen) atoms. The molecule has 0 saturated carbocycles. The summed E-state index contributed by atoms with van der Waals surface area (Å²) in [5.41, 5.74) is 0.876. The maximum Gasteiger partial charge on any atom is 0.150 e. The van der Waals surface area contributed by atoms with Crippen LogP contribution in [0.3, 0.4) is 0 Å². The van der Waals surface area contributed by atoms with Crippen LogP contribution in [0, 0.1) is 6.92 Å². The predicted octanol–water partition coefficient (Wildman–Crippen LogP) is 0.424. The Balaban J connectivity index is 2.42. The van der Waals surface area contributed by atoms with Gasteiger partial charge in [-0.15, -0.1) is 0 Å². The van der Waals surface area contributed by atoms with E-state index in [2.05, 4.69) is 10.1 Å². The van der Waals surface area contributed by atoms with Crippen molar-refractivity contribution >= 4 is 0 Å². The second-order valence-corrected chi connectivity index (χ2v) is 3.43. The summed E-state index contributed by atoms with van der Waals surface area (Å²) in [7, 11) is 1.66. The van der Waals surface area contributed by atoms with Gasteiger partial charge in [0.1, 0.15) is 0 Å². The highest BCUT2D eigenvalue weighted by molar-refractivity contribution is 5.02. The van der Waals surface area contributed by atoms with E-state index in [1.807, 2.05) is 13.0 Å². The molecule has 1 aromatic rings. The summed E-state index contributed by atoms with van der Waals surface area (Å²) in [6, 6.07) is 1.90. The summed E-state index contributed by atoms with van der Waals surface area (Å²) >= 11 is 0. The summed E-state index contributed by atoms with van der Waals surface area (Å²) in [5, 5.41) is 12.7. The van der Waals surface area contributed by atoms with Crippen molar-refractivity contribution in [3.63, 3.8) is 0 Å². The van der Waals surface area contributed by atoms with E-state index in [-0.39, 0.29) is 6.61 Å². The quantitative estimate of drug-likeness (QED) is 0.713. The Morgan fingerprint density at radius 3 is 2.87 bits per heavy atom. The number of aryl methyl sites for hydroxylation is 1. The first kappa shape index (κ1) is 12.2. The van der Waals surface area contributed by atoms with E-state index < -0.39 is 0 Å². The Hall–Kier alpha value is -0.910. The second kappa shape index (κ2) is 6.55. The number of ether oxygens (including phenoxy) is 1. The topological polar surface area (TPSA) is 58.7 Å². The molecular formula is C10H18N2O3. The first-order valence-electron chi connectivity index (χ1n) is 5.00. The highest BCUT2D eigenvalue weighted by Crippen LogP contribution is 2.06. The predicted molar refractivity (Wildman–Crippen MR) is 55.5 cm³/mol. The minimum absolute atomic E-state index is 0.136. The zero-order valence-electron chi connectivity index (χ0n) is 9.27. The van der Waals surface area contributed by atoms with Gasteiger partial charge < -0.3 is 14.4 Å². The van der Waals surface area contributed by atoms with E-state index in [4.69, 9.17) is 14.4 Å². The molecule has 0 aromatic carbocycles.